The van der Waals surface area contributed by atoms with E-state index in [1.54, 1.807) is 0 Å². The molecule has 5 heteroatoms. The van der Waals surface area contributed by atoms with E-state index in [-0.39, 0.29) is 18.4 Å². The third kappa shape index (κ3) is 4.07. The Hall–Kier alpha value is -1.88. The van der Waals surface area contributed by atoms with Crippen molar-refractivity contribution < 1.29 is 19.8 Å². The largest absolute Gasteiger partial charge is 0.479 e. The van der Waals surface area contributed by atoms with Crippen molar-refractivity contribution in [2.24, 2.45) is 5.92 Å². The number of carboxylic acids is 1. The van der Waals surface area contributed by atoms with E-state index >= 15 is 0 Å². The normalized spacial score (nSPS) is 24.3. The topological polar surface area (TPSA) is 86.6 Å². The molecule has 0 aliphatic heterocycles. The van der Waals surface area contributed by atoms with E-state index in [1.807, 2.05) is 18.2 Å². The number of amides is 1. The van der Waals surface area contributed by atoms with Crippen LogP contribution in [0.4, 0.5) is 0 Å². The molecule has 1 unspecified atom stereocenters. The summed E-state index contributed by atoms with van der Waals surface area (Å²) in [5.41, 5.74) is -0.605. The van der Waals surface area contributed by atoms with E-state index < -0.39 is 11.6 Å². The lowest BCUT2D eigenvalue weighted by atomic mass is 9.78. The maximum absolute atomic E-state index is 12.1. The summed E-state index contributed by atoms with van der Waals surface area (Å²) in [4.78, 5) is 22.9. The lowest BCUT2D eigenvalue weighted by molar-refractivity contribution is -0.156. The van der Waals surface area contributed by atoms with Crippen molar-refractivity contribution in [3.05, 3.63) is 35.9 Å². The first-order valence-electron chi connectivity index (χ1n) is 7.68. The molecule has 1 aromatic carbocycles. The number of carbonyl (C=O) groups is 2. The molecule has 1 atom stereocenters. The zero-order valence-electron chi connectivity index (χ0n) is 12.8. The molecule has 22 heavy (non-hydrogen) atoms. The molecule has 1 aromatic rings. The molecule has 0 bridgehead atoms. The van der Waals surface area contributed by atoms with Gasteiger partial charge in [-0.25, -0.2) is 4.79 Å². The number of carbonyl (C=O) groups excluding carboxylic acids is 1. The number of nitrogens with one attached hydrogen (secondary N) is 1. The second-order valence-corrected chi connectivity index (χ2v) is 6.26. The number of benzene rings is 1. The van der Waals surface area contributed by atoms with Gasteiger partial charge in [-0.05, 0) is 44.1 Å². The van der Waals surface area contributed by atoms with Crippen LogP contribution in [0.2, 0.25) is 0 Å². The number of hydrogen-bond acceptors (Lipinski definition) is 3. The maximum Gasteiger partial charge on any atom is 0.337 e. The molecule has 2 rings (SSSR count). The molecule has 0 radical (unpaired) electrons. The first kappa shape index (κ1) is 16.5. The number of carboxylic acid groups (broad SMARTS) is 1. The fourth-order valence-corrected chi connectivity index (χ4v) is 2.89. The van der Waals surface area contributed by atoms with Crippen LogP contribution in [0.15, 0.2) is 30.3 Å². The van der Waals surface area contributed by atoms with Crippen molar-refractivity contribution in [1.82, 2.24) is 5.32 Å². The van der Waals surface area contributed by atoms with E-state index in [4.69, 9.17) is 5.11 Å². The van der Waals surface area contributed by atoms with E-state index in [2.05, 4.69) is 17.4 Å². The van der Waals surface area contributed by atoms with E-state index in [1.165, 1.54) is 12.5 Å². The molecule has 1 saturated carbocycles. The van der Waals surface area contributed by atoms with Gasteiger partial charge in [-0.3, -0.25) is 4.79 Å². The lowest BCUT2D eigenvalue weighted by Gasteiger charge is -2.29. The third-order valence-electron chi connectivity index (χ3n) is 4.44. The Morgan fingerprint density at radius 3 is 2.32 bits per heavy atom. The first-order chi connectivity index (χ1) is 10.4. The Kier molecular flexibility index (Phi) is 5.19. The first-order valence-corrected chi connectivity index (χ1v) is 7.68. The van der Waals surface area contributed by atoms with Gasteiger partial charge in [-0.2, -0.15) is 0 Å². The summed E-state index contributed by atoms with van der Waals surface area (Å²) < 4.78 is 0. The molecule has 0 heterocycles. The number of aliphatic carboxylic acids is 1. The Bertz CT molecular complexity index is 519. The molecule has 0 aromatic heterocycles. The maximum atomic E-state index is 12.1. The minimum Gasteiger partial charge on any atom is -0.479 e. The van der Waals surface area contributed by atoms with Crippen molar-refractivity contribution in [3.8, 4) is 0 Å². The minimum atomic E-state index is -1.92. The van der Waals surface area contributed by atoms with Gasteiger partial charge < -0.3 is 15.5 Å². The highest BCUT2D eigenvalue weighted by Gasteiger charge is 2.32. The van der Waals surface area contributed by atoms with Gasteiger partial charge in [0.25, 0.3) is 0 Å². The zero-order chi connectivity index (χ0) is 16.2. The van der Waals surface area contributed by atoms with Crippen molar-refractivity contribution in [2.45, 2.75) is 44.1 Å². The summed E-state index contributed by atoms with van der Waals surface area (Å²) in [7, 11) is 0. The average Bonchev–Trinajstić information content (AvgIpc) is 2.53. The summed E-state index contributed by atoms with van der Waals surface area (Å²) >= 11 is 0. The van der Waals surface area contributed by atoms with Gasteiger partial charge in [0.05, 0.1) is 6.54 Å². The quantitative estimate of drug-likeness (QED) is 0.775. The highest BCUT2D eigenvalue weighted by atomic mass is 16.4. The fraction of sp³-hybridized carbons (Fsp3) is 0.529. The molecule has 1 aliphatic rings. The molecule has 1 aliphatic carbocycles. The molecule has 1 fully saturated rings. The van der Waals surface area contributed by atoms with Crippen molar-refractivity contribution in [1.29, 1.82) is 0 Å². The van der Waals surface area contributed by atoms with E-state index in [0.29, 0.717) is 5.92 Å². The monoisotopic (exact) mass is 305 g/mol. The molecule has 5 nitrogen and oxygen atoms in total. The van der Waals surface area contributed by atoms with Crippen LogP contribution in [0.3, 0.4) is 0 Å². The number of hydrogen-bond donors (Lipinski definition) is 3. The zero-order valence-corrected chi connectivity index (χ0v) is 12.8. The van der Waals surface area contributed by atoms with Gasteiger partial charge in [0.15, 0.2) is 5.60 Å². The molecule has 0 saturated heterocycles. The van der Waals surface area contributed by atoms with Crippen LogP contribution in [0, 0.1) is 5.92 Å². The molecule has 1 amide bonds. The summed E-state index contributed by atoms with van der Waals surface area (Å²) in [6, 6.07) is 10.3. The van der Waals surface area contributed by atoms with Crippen molar-refractivity contribution in [3.63, 3.8) is 0 Å². The molecule has 120 valence electrons. The van der Waals surface area contributed by atoms with Crippen LogP contribution in [0.1, 0.15) is 44.1 Å². The average molecular weight is 305 g/mol. The Morgan fingerprint density at radius 2 is 1.77 bits per heavy atom. The van der Waals surface area contributed by atoms with Crippen LogP contribution in [0.5, 0.6) is 0 Å². The fourth-order valence-electron chi connectivity index (χ4n) is 2.89. The predicted molar refractivity (Wildman–Crippen MR) is 82.4 cm³/mol. The molecular weight excluding hydrogens is 282 g/mol. The second-order valence-electron chi connectivity index (χ2n) is 6.26. The Morgan fingerprint density at radius 1 is 1.18 bits per heavy atom. The van der Waals surface area contributed by atoms with E-state index in [0.717, 1.165) is 25.7 Å². The third-order valence-corrected chi connectivity index (χ3v) is 4.44. The Labute approximate surface area is 130 Å². The number of rotatable bonds is 5. The highest BCUT2D eigenvalue weighted by molar-refractivity contribution is 5.81. The smallest absolute Gasteiger partial charge is 0.337 e. The minimum absolute atomic E-state index is 0.0930. The summed E-state index contributed by atoms with van der Waals surface area (Å²) in [5, 5.41) is 21.0. The van der Waals surface area contributed by atoms with Crippen LogP contribution in [-0.2, 0) is 9.59 Å². The molecule has 0 spiro atoms. The van der Waals surface area contributed by atoms with Gasteiger partial charge >= 0.3 is 5.97 Å². The van der Waals surface area contributed by atoms with Gasteiger partial charge in [-0.15, -0.1) is 0 Å². The highest BCUT2D eigenvalue weighted by Crippen LogP contribution is 2.35. The standard InChI is InChI=1S/C17H23NO4/c1-17(22,16(20)21)11-18-15(19)14-9-7-13(8-10-14)12-5-3-2-4-6-12/h2-6,13-14,22H,7-11H2,1H3,(H,18,19)(H,20,21). The van der Waals surface area contributed by atoms with Crippen LogP contribution in [0.25, 0.3) is 0 Å². The van der Waals surface area contributed by atoms with Gasteiger partial charge in [0, 0.05) is 5.92 Å². The second kappa shape index (κ2) is 6.92. The van der Waals surface area contributed by atoms with Gasteiger partial charge in [0.2, 0.25) is 5.91 Å². The van der Waals surface area contributed by atoms with Crippen molar-refractivity contribution >= 4 is 11.9 Å². The van der Waals surface area contributed by atoms with Crippen molar-refractivity contribution in [2.75, 3.05) is 6.54 Å². The van der Waals surface area contributed by atoms with E-state index in [9.17, 15) is 14.7 Å². The van der Waals surface area contributed by atoms with Gasteiger partial charge in [-0.1, -0.05) is 30.3 Å². The Balaban J connectivity index is 1.81. The summed E-state index contributed by atoms with van der Waals surface area (Å²) in [5.74, 6) is -1.09. The number of aliphatic hydroxyl groups is 1. The SMILES string of the molecule is CC(O)(CNC(=O)C1CCC(c2ccccc2)CC1)C(=O)O. The lowest BCUT2D eigenvalue weighted by Crippen LogP contribution is -2.48. The van der Waals surface area contributed by atoms with Crippen LogP contribution < -0.4 is 5.32 Å². The molecular formula is C17H23NO4. The summed E-state index contributed by atoms with van der Waals surface area (Å²) in [6.45, 7) is 0.918. The summed E-state index contributed by atoms with van der Waals surface area (Å²) in [6.07, 6.45) is 3.50. The van der Waals surface area contributed by atoms with Crippen LogP contribution in [-0.4, -0.2) is 34.2 Å². The van der Waals surface area contributed by atoms with Crippen LogP contribution >= 0.6 is 0 Å². The van der Waals surface area contributed by atoms with Gasteiger partial charge in [0.1, 0.15) is 0 Å². The molecule has 3 N–H and O–H groups in total. The predicted octanol–water partition coefficient (Wildman–Crippen LogP) is 1.91.